The Balaban J connectivity index is 2.14. The van der Waals surface area contributed by atoms with Crippen LogP contribution < -0.4 is 16.0 Å². The van der Waals surface area contributed by atoms with Crippen LogP contribution in [0.2, 0.25) is 0 Å². The van der Waals surface area contributed by atoms with Crippen LogP contribution in [0.1, 0.15) is 51.6 Å². The zero-order valence-electron chi connectivity index (χ0n) is 12.7. The Hall–Kier alpha value is -1.10. The predicted octanol–water partition coefficient (Wildman–Crippen LogP) is 2.94. The van der Waals surface area contributed by atoms with Crippen LogP contribution in [0.25, 0.3) is 0 Å². The maximum absolute atomic E-state index is 5.99. The summed E-state index contributed by atoms with van der Waals surface area (Å²) < 4.78 is 11.7. The van der Waals surface area contributed by atoms with E-state index in [0.717, 1.165) is 30.8 Å². The van der Waals surface area contributed by atoms with Crippen molar-refractivity contribution in [2.24, 2.45) is 5.84 Å². The topological polar surface area (TPSA) is 56.5 Å². The average Bonchev–Trinajstić information content (AvgIpc) is 2.41. The summed E-state index contributed by atoms with van der Waals surface area (Å²) in [6.45, 7) is 6.99. The smallest absolute Gasteiger partial charge is 0.119 e. The highest BCUT2D eigenvalue weighted by Crippen LogP contribution is 2.36. The highest BCUT2D eigenvalue weighted by Gasteiger charge is 2.37. The molecule has 0 saturated carbocycles. The Labute approximate surface area is 121 Å². The molecule has 0 spiro atoms. The lowest BCUT2D eigenvalue weighted by Crippen LogP contribution is -2.48. The summed E-state index contributed by atoms with van der Waals surface area (Å²) in [5, 5.41) is 0. The molecule has 2 unspecified atom stereocenters. The van der Waals surface area contributed by atoms with Gasteiger partial charge >= 0.3 is 0 Å². The molecular weight excluding hydrogens is 252 g/mol. The van der Waals surface area contributed by atoms with Gasteiger partial charge in [-0.2, -0.15) is 0 Å². The normalized spacial score (nSPS) is 24.6. The van der Waals surface area contributed by atoms with E-state index in [1.165, 1.54) is 6.42 Å². The lowest BCUT2D eigenvalue weighted by Gasteiger charge is -2.40. The Morgan fingerprint density at radius 2 is 1.95 bits per heavy atom. The van der Waals surface area contributed by atoms with E-state index in [1.807, 2.05) is 26.0 Å². The molecule has 20 heavy (non-hydrogen) atoms. The molecule has 1 saturated heterocycles. The molecule has 1 aliphatic heterocycles. The van der Waals surface area contributed by atoms with E-state index >= 15 is 0 Å². The molecule has 1 heterocycles. The van der Waals surface area contributed by atoms with E-state index in [9.17, 15) is 0 Å². The molecule has 0 aromatic heterocycles. The van der Waals surface area contributed by atoms with Gasteiger partial charge in [0.15, 0.2) is 0 Å². The van der Waals surface area contributed by atoms with E-state index < -0.39 is 0 Å². The van der Waals surface area contributed by atoms with Gasteiger partial charge in [0.2, 0.25) is 0 Å². The van der Waals surface area contributed by atoms with Gasteiger partial charge in [-0.3, -0.25) is 11.3 Å². The molecule has 1 fully saturated rings. The standard InChI is InChI=1S/C16H26N2O2/c1-12(2)20-14-8-6-13(7-9-14)15(18-17)16(3)10-4-5-11-19-16/h6-9,12,15,18H,4-5,10-11,17H2,1-3H3. The summed E-state index contributed by atoms with van der Waals surface area (Å²) in [4.78, 5) is 0. The number of ether oxygens (including phenoxy) is 2. The molecule has 0 radical (unpaired) electrons. The Morgan fingerprint density at radius 3 is 2.45 bits per heavy atom. The van der Waals surface area contributed by atoms with E-state index in [0.29, 0.717) is 0 Å². The minimum atomic E-state index is -0.243. The number of hydrogen-bond donors (Lipinski definition) is 2. The molecule has 3 N–H and O–H groups in total. The fourth-order valence-electron chi connectivity index (χ4n) is 2.82. The van der Waals surface area contributed by atoms with Crippen LogP contribution >= 0.6 is 0 Å². The van der Waals surface area contributed by atoms with Crippen molar-refractivity contribution < 1.29 is 9.47 Å². The van der Waals surface area contributed by atoms with Crippen LogP contribution in [-0.4, -0.2) is 18.3 Å². The summed E-state index contributed by atoms with van der Waals surface area (Å²) in [6, 6.07) is 8.10. The molecule has 2 atom stereocenters. The third-order valence-electron chi connectivity index (χ3n) is 3.86. The van der Waals surface area contributed by atoms with Crippen LogP contribution in [0.15, 0.2) is 24.3 Å². The Bertz CT molecular complexity index is 411. The zero-order valence-corrected chi connectivity index (χ0v) is 12.7. The molecule has 0 aliphatic carbocycles. The highest BCUT2D eigenvalue weighted by atomic mass is 16.5. The Kier molecular flexibility index (Phi) is 5.02. The minimum absolute atomic E-state index is 0.00380. The molecule has 112 valence electrons. The van der Waals surface area contributed by atoms with Gasteiger partial charge in [-0.25, -0.2) is 0 Å². The highest BCUT2D eigenvalue weighted by molar-refractivity contribution is 5.30. The second-order valence-corrected chi connectivity index (χ2v) is 5.95. The molecule has 0 amide bonds. The van der Waals surface area contributed by atoms with Crippen molar-refractivity contribution in [1.82, 2.24) is 5.43 Å². The summed E-state index contributed by atoms with van der Waals surface area (Å²) in [6.07, 6.45) is 3.52. The van der Waals surface area contributed by atoms with Crippen LogP contribution in [0.4, 0.5) is 0 Å². The number of benzene rings is 1. The molecule has 0 bridgehead atoms. The van der Waals surface area contributed by atoms with Gasteiger partial charge < -0.3 is 9.47 Å². The summed E-state index contributed by atoms with van der Waals surface area (Å²) in [7, 11) is 0. The molecule has 1 aliphatic rings. The van der Waals surface area contributed by atoms with Crippen molar-refractivity contribution in [3.63, 3.8) is 0 Å². The molecular formula is C16H26N2O2. The zero-order chi connectivity index (χ0) is 14.6. The van der Waals surface area contributed by atoms with Gasteiger partial charge in [-0.15, -0.1) is 0 Å². The minimum Gasteiger partial charge on any atom is -0.491 e. The van der Waals surface area contributed by atoms with Gasteiger partial charge in [-0.05, 0) is 57.7 Å². The fourth-order valence-corrected chi connectivity index (χ4v) is 2.82. The first-order chi connectivity index (χ1) is 9.55. The lowest BCUT2D eigenvalue weighted by molar-refractivity contribution is -0.0899. The van der Waals surface area contributed by atoms with Gasteiger partial charge in [0, 0.05) is 6.61 Å². The number of nitrogens with two attached hydrogens (primary N) is 1. The summed E-state index contributed by atoms with van der Waals surface area (Å²) in [5.74, 6) is 6.66. The van der Waals surface area contributed by atoms with Crippen LogP contribution in [0.3, 0.4) is 0 Å². The maximum Gasteiger partial charge on any atom is 0.119 e. The first kappa shape index (κ1) is 15.3. The van der Waals surface area contributed by atoms with E-state index in [-0.39, 0.29) is 17.7 Å². The van der Waals surface area contributed by atoms with Crippen LogP contribution in [0.5, 0.6) is 5.75 Å². The van der Waals surface area contributed by atoms with E-state index in [1.54, 1.807) is 0 Å². The second kappa shape index (κ2) is 6.57. The van der Waals surface area contributed by atoms with Gasteiger partial charge in [0.05, 0.1) is 17.7 Å². The molecule has 1 aromatic carbocycles. The van der Waals surface area contributed by atoms with Gasteiger partial charge in [0.1, 0.15) is 5.75 Å². The van der Waals surface area contributed by atoms with Crippen LogP contribution in [0, 0.1) is 0 Å². The van der Waals surface area contributed by atoms with E-state index in [4.69, 9.17) is 15.3 Å². The fraction of sp³-hybridized carbons (Fsp3) is 0.625. The van der Waals surface area contributed by atoms with Crippen LogP contribution in [-0.2, 0) is 4.74 Å². The molecule has 4 nitrogen and oxygen atoms in total. The predicted molar refractivity (Wildman–Crippen MR) is 80.5 cm³/mol. The lowest BCUT2D eigenvalue weighted by atomic mass is 9.84. The van der Waals surface area contributed by atoms with Gasteiger partial charge in [-0.1, -0.05) is 12.1 Å². The quantitative estimate of drug-likeness (QED) is 0.642. The van der Waals surface area contributed by atoms with Gasteiger partial charge in [0.25, 0.3) is 0 Å². The van der Waals surface area contributed by atoms with Crippen molar-refractivity contribution >= 4 is 0 Å². The molecule has 2 rings (SSSR count). The second-order valence-electron chi connectivity index (χ2n) is 5.95. The third-order valence-corrected chi connectivity index (χ3v) is 3.86. The largest absolute Gasteiger partial charge is 0.491 e. The monoisotopic (exact) mass is 278 g/mol. The average molecular weight is 278 g/mol. The van der Waals surface area contributed by atoms with Crippen molar-refractivity contribution in [3.8, 4) is 5.75 Å². The van der Waals surface area contributed by atoms with Crippen molar-refractivity contribution in [2.75, 3.05) is 6.61 Å². The van der Waals surface area contributed by atoms with Crippen molar-refractivity contribution in [2.45, 2.75) is 57.8 Å². The summed E-state index contributed by atoms with van der Waals surface area (Å²) >= 11 is 0. The molecule has 1 aromatic rings. The third kappa shape index (κ3) is 3.51. The first-order valence-corrected chi connectivity index (χ1v) is 7.42. The van der Waals surface area contributed by atoms with E-state index in [2.05, 4.69) is 24.5 Å². The Morgan fingerprint density at radius 1 is 1.25 bits per heavy atom. The number of rotatable bonds is 5. The number of nitrogens with one attached hydrogen (secondary N) is 1. The molecule has 4 heteroatoms. The number of hydrazine groups is 1. The van der Waals surface area contributed by atoms with Crippen molar-refractivity contribution in [1.29, 1.82) is 0 Å². The maximum atomic E-state index is 5.99. The van der Waals surface area contributed by atoms with Crippen molar-refractivity contribution in [3.05, 3.63) is 29.8 Å². The number of hydrogen-bond acceptors (Lipinski definition) is 4. The first-order valence-electron chi connectivity index (χ1n) is 7.42. The SMILES string of the molecule is CC(C)Oc1ccc(C(NN)C2(C)CCCCO2)cc1. The summed E-state index contributed by atoms with van der Waals surface area (Å²) in [5.41, 5.74) is 3.81.